The molecule has 23 heavy (non-hydrogen) atoms. The van der Waals surface area contributed by atoms with Crippen molar-refractivity contribution in [1.82, 2.24) is 4.90 Å². The van der Waals surface area contributed by atoms with Crippen LogP contribution in [0.4, 0.5) is 10.5 Å². The Morgan fingerprint density at radius 3 is 2.35 bits per heavy atom. The van der Waals surface area contributed by atoms with Crippen molar-refractivity contribution in [3.8, 4) is 0 Å². The molecular formula is C20H26N2O. The normalized spacial score (nSPS) is 11.1. The molecule has 0 aliphatic heterocycles. The van der Waals surface area contributed by atoms with E-state index in [-0.39, 0.29) is 11.4 Å². The number of nitrogens with one attached hydrogen (secondary N) is 1. The van der Waals surface area contributed by atoms with E-state index in [1.807, 2.05) is 54.3 Å². The highest BCUT2D eigenvalue weighted by Gasteiger charge is 2.21. The van der Waals surface area contributed by atoms with Crippen LogP contribution in [0.1, 0.15) is 31.9 Å². The SMILES string of the molecule is Cc1cccc(NC(=O)N(Cc2ccccc2)CC(C)(C)C)c1. The number of aryl methyl sites for hydroxylation is 1. The van der Waals surface area contributed by atoms with Crippen LogP contribution in [0.15, 0.2) is 54.6 Å². The lowest BCUT2D eigenvalue weighted by Gasteiger charge is -2.30. The first-order valence-corrected chi connectivity index (χ1v) is 8.00. The van der Waals surface area contributed by atoms with Crippen LogP contribution < -0.4 is 5.32 Å². The van der Waals surface area contributed by atoms with Crippen molar-refractivity contribution in [2.24, 2.45) is 5.41 Å². The third kappa shape index (κ3) is 5.78. The molecule has 0 aromatic heterocycles. The molecule has 0 spiro atoms. The maximum absolute atomic E-state index is 12.7. The molecule has 2 aromatic carbocycles. The number of carbonyl (C=O) groups is 1. The molecule has 3 nitrogen and oxygen atoms in total. The fraction of sp³-hybridized carbons (Fsp3) is 0.350. The highest BCUT2D eigenvalue weighted by Crippen LogP contribution is 2.19. The van der Waals surface area contributed by atoms with Crippen LogP contribution in [0.3, 0.4) is 0 Å². The second-order valence-electron chi connectivity index (χ2n) is 7.20. The summed E-state index contributed by atoms with van der Waals surface area (Å²) in [6.45, 7) is 9.75. The summed E-state index contributed by atoms with van der Waals surface area (Å²) in [4.78, 5) is 14.6. The summed E-state index contributed by atoms with van der Waals surface area (Å²) < 4.78 is 0. The van der Waals surface area contributed by atoms with Gasteiger partial charge in [-0.3, -0.25) is 0 Å². The number of carbonyl (C=O) groups excluding carboxylic acids is 1. The first-order valence-electron chi connectivity index (χ1n) is 8.00. The quantitative estimate of drug-likeness (QED) is 0.839. The molecular weight excluding hydrogens is 284 g/mol. The molecule has 0 fully saturated rings. The van der Waals surface area contributed by atoms with E-state index in [1.54, 1.807) is 0 Å². The molecule has 0 aliphatic rings. The average Bonchev–Trinajstić information content (AvgIpc) is 2.46. The first kappa shape index (κ1) is 17.1. The van der Waals surface area contributed by atoms with Gasteiger partial charge >= 0.3 is 6.03 Å². The monoisotopic (exact) mass is 310 g/mol. The molecule has 1 N–H and O–H groups in total. The molecule has 2 rings (SSSR count). The maximum Gasteiger partial charge on any atom is 0.322 e. The van der Waals surface area contributed by atoms with Crippen molar-refractivity contribution < 1.29 is 4.79 Å². The summed E-state index contributed by atoms with van der Waals surface area (Å²) in [6, 6.07) is 17.9. The van der Waals surface area contributed by atoms with Gasteiger partial charge in [0, 0.05) is 18.8 Å². The molecule has 122 valence electrons. The topological polar surface area (TPSA) is 32.3 Å². The molecule has 0 aliphatic carbocycles. The van der Waals surface area contributed by atoms with Gasteiger partial charge < -0.3 is 10.2 Å². The smallest absolute Gasteiger partial charge is 0.320 e. The second kappa shape index (κ2) is 7.32. The Labute approximate surface area is 139 Å². The molecule has 0 saturated carbocycles. The highest BCUT2D eigenvalue weighted by atomic mass is 16.2. The molecule has 0 heterocycles. The van der Waals surface area contributed by atoms with Gasteiger partial charge in [-0.05, 0) is 35.6 Å². The summed E-state index contributed by atoms with van der Waals surface area (Å²) in [5, 5.41) is 3.01. The van der Waals surface area contributed by atoms with Gasteiger partial charge in [-0.25, -0.2) is 4.79 Å². The van der Waals surface area contributed by atoms with Crippen LogP contribution in [0.2, 0.25) is 0 Å². The Morgan fingerprint density at radius 2 is 1.74 bits per heavy atom. The fourth-order valence-electron chi connectivity index (χ4n) is 2.50. The molecule has 0 radical (unpaired) electrons. The zero-order valence-electron chi connectivity index (χ0n) is 14.5. The molecule has 3 heteroatoms. The third-order valence-corrected chi connectivity index (χ3v) is 3.44. The van der Waals surface area contributed by atoms with Crippen LogP contribution in [0.5, 0.6) is 0 Å². The maximum atomic E-state index is 12.7. The van der Waals surface area contributed by atoms with Gasteiger partial charge in [0.15, 0.2) is 0 Å². The van der Waals surface area contributed by atoms with E-state index in [0.29, 0.717) is 13.1 Å². The van der Waals surface area contributed by atoms with E-state index in [1.165, 1.54) is 0 Å². The summed E-state index contributed by atoms with van der Waals surface area (Å²) in [5.41, 5.74) is 3.14. The summed E-state index contributed by atoms with van der Waals surface area (Å²) in [6.07, 6.45) is 0. The number of rotatable bonds is 4. The number of urea groups is 1. The van der Waals surface area contributed by atoms with Crippen molar-refractivity contribution >= 4 is 11.7 Å². The van der Waals surface area contributed by atoms with E-state index in [2.05, 4.69) is 38.2 Å². The minimum atomic E-state index is -0.0608. The molecule has 2 amide bonds. The van der Waals surface area contributed by atoms with Crippen LogP contribution in [0, 0.1) is 12.3 Å². The zero-order chi connectivity index (χ0) is 16.9. The summed E-state index contributed by atoms with van der Waals surface area (Å²) in [5.74, 6) is 0. The van der Waals surface area contributed by atoms with E-state index >= 15 is 0 Å². The Balaban J connectivity index is 2.13. The van der Waals surface area contributed by atoms with Crippen molar-refractivity contribution in [1.29, 1.82) is 0 Å². The van der Waals surface area contributed by atoms with Crippen molar-refractivity contribution in [3.63, 3.8) is 0 Å². The predicted molar refractivity (Wildman–Crippen MR) is 96.5 cm³/mol. The Bertz CT molecular complexity index is 644. The lowest BCUT2D eigenvalue weighted by molar-refractivity contribution is 0.182. The number of benzene rings is 2. The van der Waals surface area contributed by atoms with Crippen LogP contribution in [0.25, 0.3) is 0 Å². The van der Waals surface area contributed by atoms with E-state index in [0.717, 1.165) is 16.8 Å². The van der Waals surface area contributed by atoms with E-state index in [9.17, 15) is 4.79 Å². The Kier molecular flexibility index (Phi) is 5.43. The standard InChI is InChI=1S/C20H26N2O/c1-16-9-8-12-18(13-16)21-19(23)22(15-20(2,3)4)14-17-10-6-5-7-11-17/h5-13H,14-15H2,1-4H3,(H,21,23). The van der Waals surface area contributed by atoms with Gasteiger partial charge in [0.2, 0.25) is 0 Å². The van der Waals surface area contributed by atoms with Crippen molar-refractivity contribution in [2.75, 3.05) is 11.9 Å². The molecule has 0 atom stereocenters. The van der Waals surface area contributed by atoms with Crippen LogP contribution in [-0.2, 0) is 6.54 Å². The number of nitrogens with zero attached hydrogens (tertiary/aromatic N) is 1. The van der Waals surface area contributed by atoms with E-state index in [4.69, 9.17) is 0 Å². The largest absolute Gasteiger partial charge is 0.322 e. The van der Waals surface area contributed by atoms with Crippen molar-refractivity contribution in [2.45, 2.75) is 34.2 Å². The van der Waals surface area contributed by atoms with Gasteiger partial charge in [0.25, 0.3) is 0 Å². The molecule has 2 aromatic rings. The predicted octanol–water partition coefficient (Wildman–Crippen LogP) is 5.08. The minimum absolute atomic E-state index is 0.0404. The van der Waals surface area contributed by atoms with Crippen LogP contribution in [-0.4, -0.2) is 17.5 Å². The lowest BCUT2D eigenvalue weighted by atomic mass is 9.96. The highest BCUT2D eigenvalue weighted by molar-refractivity contribution is 5.89. The molecule has 0 bridgehead atoms. The van der Waals surface area contributed by atoms with Gasteiger partial charge in [-0.1, -0.05) is 63.2 Å². The minimum Gasteiger partial charge on any atom is -0.320 e. The molecule has 0 saturated heterocycles. The first-order chi connectivity index (χ1) is 10.8. The summed E-state index contributed by atoms with van der Waals surface area (Å²) >= 11 is 0. The lowest BCUT2D eigenvalue weighted by Crippen LogP contribution is -2.40. The van der Waals surface area contributed by atoms with Gasteiger partial charge in [0.05, 0.1) is 0 Å². The fourth-order valence-corrected chi connectivity index (χ4v) is 2.50. The Morgan fingerprint density at radius 1 is 1.04 bits per heavy atom. The third-order valence-electron chi connectivity index (χ3n) is 3.44. The average molecular weight is 310 g/mol. The van der Waals surface area contributed by atoms with Gasteiger partial charge in [0.1, 0.15) is 0 Å². The number of hydrogen-bond acceptors (Lipinski definition) is 1. The van der Waals surface area contributed by atoms with Crippen molar-refractivity contribution in [3.05, 3.63) is 65.7 Å². The Hall–Kier alpha value is -2.29. The van der Waals surface area contributed by atoms with Gasteiger partial charge in [-0.2, -0.15) is 0 Å². The zero-order valence-corrected chi connectivity index (χ0v) is 14.5. The second-order valence-corrected chi connectivity index (χ2v) is 7.20. The number of amides is 2. The number of hydrogen-bond donors (Lipinski definition) is 1. The van der Waals surface area contributed by atoms with Crippen LogP contribution >= 0.6 is 0 Å². The van der Waals surface area contributed by atoms with Gasteiger partial charge in [-0.15, -0.1) is 0 Å². The van der Waals surface area contributed by atoms with E-state index < -0.39 is 0 Å². The number of anilines is 1. The summed E-state index contributed by atoms with van der Waals surface area (Å²) in [7, 11) is 0. The molecule has 0 unspecified atom stereocenters.